The zero-order valence-electron chi connectivity index (χ0n) is 11.0. The summed E-state index contributed by atoms with van der Waals surface area (Å²) in [6.45, 7) is 4.62. The standard InChI is InChI=1S/C14H22N2O2/c1-11(2)8-13(17)9-16-14(18)10-15-12-6-4-3-5-7-12/h3-7,11,13,15,17H,8-10H2,1-2H3,(H,16,18). The Morgan fingerprint density at radius 3 is 2.56 bits per heavy atom. The highest BCUT2D eigenvalue weighted by atomic mass is 16.3. The summed E-state index contributed by atoms with van der Waals surface area (Å²) in [6, 6.07) is 9.55. The molecule has 0 bridgehead atoms. The van der Waals surface area contributed by atoms with Crippen molar-refractivity contribution >= 4 is 11.6 Å². The van der Waals surface area contributed by atoms with Gasteiger partial charge in [0.1, 0.15) is 0 Å². The van der Waals surface area contributed by atoms with Crippen LogP contribution in [-0.2, 0) is 4.79 Å². The van der Waals surface area contributed by atoms with Crippen molar-refractivity contribution in [3.8, 4) is 0 Å². The maximum absolute atomic E-state index is 11.5. The van der Waals surface area contributed by atoms with E-state index in [0.717, 1.165) is 5.69 Å². The van der Waals surface area contributed by atoms with Gasteiger partial charge in [-0.05, 0) is 24.5 Å². The van der Waals surface area contributed by atoms with Gasteiger partial charge in [-0.1, -0.05) is 32.0 Å². The first-order valence-corrected chi connectivity index (χ1v) is 6.31. The lowest BCUT2D eigenvalue weighted by Crippen LogP contribution is -2.36. The lowest BCUT2D eigenvalue weighted by molar-refractivity contribution is -0.119. The number of carbonyl (C=O) groups is 1. The highest BCUT2D eigenvalue weighted by Crippen LogP contribution is 2.04. The molecular weight excluding hydrogens is 228 g/mol. The van der Waals surface area contributed by atoms with Crippen LogP contribution < -0.4 is 10.6 Å². The number of para-hydroxylation sites is 1. The third-order valence-corrected chi connectivity index (χ3v) is 2.51. The number of rotatable bonds is 7. The predicted molar refractivity (Wildman–Crippen MR) is 73.4 cm³/mol. The van der Waals surface area contributed by atoms with Crippen LogP contribution in [-0.4, -0.2) is 30.2 Å². The zero-order chi connectivity index (χ0) is 13.4. The Morgan fingerprint density at radius 2 is 1.94 bits per heavy atom. The molecule has 0 aliphatic heterocycles. The lowest BCUT2D eigenvalue weighted by Gasteiger charge is -2.14. The molecular formula is C14H22N2O2. The van der Waals surface area contributed by atoms with E-state index in [-0.39, 0.29) is 12.5 Å². The van der Waals surface area contributed by atoms with Gasteiger partial charge in [-0.15, -0.1) is 0 Å². The third kappa shape index (κ3) is 6.25. The van der Waals surface area contributed by atoms with E-state index >= 15 is 0 Å². The Morgan fingerprint density at radius 1 is 1.28 bits per heavy atom. The van der Waals surface area contributed by atoms with E-state index < -0.39 is 6.10 Å². The van der Waals surface area contributed by atoms with E-state index in [1.54, 1.807) is 0 Å². The molecule has 1 amide bonds. The summed E-state index contributed by atoms with van der Waals surface area (Å²) in [7, 11) is 0. The monoisotopic (exact) mass is 250 g/mol. The minimum absolute atomic E-state index is 0.110. The second kappa shape index (κ2) is 7.71. The van der Waals surface area contributed by atoms with Crippen molar-refractivity contribution in [1.82, 2.24) is 5.32 Å². The van der Waals surface area contributed by atoms with E-state index in [4.69, 9.17) is 0 Å². The molecule has 1 unspecified atom stereocenters. The van der Waals surface area contributed by atoms with Gasteiger partial charge in [0.05, 0.1) is 12.6 Å². The van der Waals surface area contributed by atoms with Crippen molar-refractivity contribution in [2.45, 2.75) is 26.4 Å². The SMILES string of the molecule is CC(C)CC(O)CNC(=O)CNc1ccccc1. The maximum atomic E-state index is 11.5. The number of benzene rings is 1. The maximum Gasteiger partial charge on any atom is 0.239 e. The molecule has 18 heavy (non-hydrogen) atoms. The average Bonchev–Trinajstić information content (AvgIpc) is 2.34. The van der Waals surface area contributed by atoms with Crippen LogP contribution in [0.15, 0.2) is 30.3 Å². The summed E-state index contributed by atoms with van der Waals surface area (Å²) in [5, 5.41) is 15.3. The van der Waals surface area contributed by atoms with Crippen molar-refractivity contribution in [2.75, 3.05) is 18.4 Å². The molecule has 0 saturated heterocycles. The van der Waals surface area contributed by atoms with Crippen LogP contribution in [0.4, 0.5) is 5.69 Å². The summed E-state index contributed by atoms with van der Waals surface area (Å²) < 4.78 is 0. The number of aliphatic hydroxyl groups is 1. The van der Waals surface area contributed by atoms with Crippen LogP contribution in [0.3, 0.4) is 0 Å². The van der Waals surface area contributed by atoms with E-state index in [2.05, 4.69) is 10.6 Å². The van der Waals surface area contributed by atoms with Gasteiger partial charge in [0, 0.05) is 12.2 Å². The molecule has 0 fully saturated rings. The number of nitrogens with one attached hydrogen (secondary N) is 2. The third-order valence-electron chi connectivity index (χ3n) is 2.51. The molecule has 1 aromatic rings. The van der Waals surface area contributed by atoms with Gasteiger partial charge < -0.3 is 15.7 Å². The van der Waals surface area contributed by atoms with Crippen LogP contribution in [0.25, 0.3) is 0 Å². The molecule has 0 aromatic heterocycles. The molecule has 0 spiro atoms. The Labute approximate surface area is 108 Å². The van der Waals surface area contributed by atoms with Crippen molar-refractivity contribution in [3.05, 3.63) is 30.3 Å². The first-order chi connectivity index (χ1) is 8.58. The summed E-state index contributed by atoms with van der Waals surface area (Å²) in [5.41, 5.74) is 0.912. The van der Waals surface area contributed by atoms with Crippen molar-refractivity contribution in [1.29, 1.82) is 0 Å². The van der Waals surface area contributed by atoms with Crippen LogP contribution >= 0.6 is 0 Å². The molecule has 3 N–H and O–H groups in total. The molecule has 0 aliphatic carbocycles. The average molecular weight is 250 g/mol. The largest absolute Gasteiger partial charge is 0.391 e. The quantitative estimate of drug-likeness (QED) is 0.689. The number of hydrogen-bond donors (Lipinski definition) is 3. The number of aliphatic hydroxyl groups excluding tert-OH is 1. The van der Waals surface area contributed by atoms with Gasteiger partial charge >= 0.3 is 0 Å². The van der Waals surface area contributed by atoms with Crippen LogP contribution in [0.1, 0.15) is 20.3 Å². The second-order valence-electron chi connectivity index (χ2n) is 4.81. The Bertz CT molecular complexity index is 352. The van der Waals surface area contributed by atoms with Gasteiger partial charge in [0.25, 0.3) is 0 Å². The van der Waals surface area contributed by atoms with Gasteiger partial charge in [-0.2, -0.15) is 0 Å². The highest BCUT2D eigenvalue weighted by Gasteiger charge is 2.08. The predicted octanol–water partition coefficient (Wildman–Crippen LogP) is 1.62. The van der Waals surface area contributed by atoms with Crippen molar-refractivity contribution in [2.24, 2.45) is 5.92 Å². The normalized spacial score (nSPS) is 12.2. The molecule has 0 radical (unpaired) electrons. The Balaban J connectivity index is 2.18. The molecule has 0 saturated carbocycles. The van der Waals surface area contributed by atoms with Crippen molar-refractivity contribution < 1.29 is 9.90 Å². The molecule has 100 valence electrons. The molecule has 4 nitrogen and oxygen atoms in total. The molecule has 0 aliphatic rings. The number of anilines is 1. The number of hydrogen-bond acceptors (Lipinski definition) is 3. The summed E-state index contributed by atoms with van der Waals surface area (Å²) >= 11 is 0. The van der Waals surface area contributed by atoms with Gasteiger partial charge in [-0.25, -0.2) is 0 Å². The van der Waals surface area contributed by atoms with E-state index in [1.165, 1.54) is 0 Å². The van der Waals surface area contributed by atoms with Crippen LogP contribution in [0.2, 0.25) is 0 Å². The van der Waals surface area contributed by atoms with Gasteiger partial charge in [0.2, 0.25) is 5.91 Å². The van der Waals surface area contributed by atoms with Gasteiger partial charge in [-0.3, -0.25) is 4.79 Å². The molecule has 1 aromatic carbocycles. The lowest BCUT2D eigenvalue weighted by atomic mass is 10.1. The number of amides is 1. The molecule has 0 heterocycles. The fraction of sp³-hybridized carbons (Fsp3) is 0.500. The van der Waals surface area contributed by atoms with Crippen LogP contribution in [0.5, 0.6) is 0 Å². The molecule has 1 rings (SSSR count). The first kappa shape index (κ1) is 14.5. The molecule has 4 heteroatoms. The fourth-order valence-corrected chi connectivity index (χ4v) is 1.66. The van der Waals surface area contributed by atoms with Crippen molar-refractivity contribution in [3.63, 3.8) is 0 Å². The van der Waals surface area contributed by atoms with E-state index in [0.29, 0.717) is 18.9 Å². The van der Waals surface area contributed by atoms with E-state index in [9.17, 15) is 9.90 Å². The summed E-state index contributed by atoms with van der Waals surface area (Å²) in [6.07, 6.45) is 0.234. The highest BCUT2D eigenvalue weighted by molar-refractivity contribution is 5.80. The zero-order valence-corrected chi connectivity index (χ0v) is 11.0. The Hall–Kier alpha value is -1.55. The first-order valence-electron chi connectivity index (χ1n) is 6.31. The second-order valence-corrected chi connectivity index (χ2v) is 4.81. The summed E-state index contributed by atoms with van der Waals surface area (Å²) in [5.74, 6) is 0.320. The topological polar surface area (TPSA) is 61.4 Å². The van der Waals surface area contributed by atoms with E-state index in [1.807, 2.05) is 44.2 Å². The minimum Gasteiger partial charge on any atom is -0.391 e. The smallest absolute Gasteiger partial charge is 0.239 e. The summed E-state index contributed by atoms with van der Waals surface area (Å²) in [4.78, 5) is 11.5. The number of carbonyl (C=O) groups excluding carboxylic acids is 1. The molecule has 1 atom stereocenters. The van der Waals surface area contributed by atoms with Crippen LogP contribution in [0, 0.1) is 5.92 Å². The Kier molecular flexibility index (Phi) is 6.22. The fourth-order valence-electron chi connectivity index (χ4n) is 1.66. The minimum atomic E-state index is -0.467. The van der Waals surface area contributed by atoms with Gasteiger partial charge in [0.15, 0.2) is 0 Å².